The van der Waals surface area contributed by atoms with Crippen LogP contribution in [-0.4, -0.2) is 16.1 Å². The zero-order valence-electron chi connectivity index (χ0n) is 9.05. The molecule has 0 aliphatic heterocycles. The van der Waals surface area contributed by atoms with Gasteiger partial charge in [-0.05, 0) is 18.6 Å². The molecule has 18 heavy (non-hydrogen) atoms. The summed E-state index contributed by atoms with van der Waals surface area (Å²) in [6.07, 6.45) is -8.86. The van der Waals surface area contributed by atoms with Gasteiger partial charge in [-0.2, -0.15) is 13.2 Å². The Morgan fingerprint density at radius 2 is 2.00 bits per heavy atom. The second kappa shape index (κ2) is 4.87. The maximum Gasteiger partial charge on any atom is 0.416 e. The average molecular weight is 269 g/mol. The highest BCUT2D eigenvalue weighted by molar-refractivity contribution is 5.70. The number of nitrogens with zero attached hydrogens (tertiary/aromatic N) is 1. The van der Waals surface area contributed by atoms with Gasteiger partial charge in [-0.15, -0.1) is 0 Å². The maximum absolute atomic E-state index is 12.6. The van der Waals surface area contributed by atoms with Crippen molar-refractivity contribution in [3.05, 3.63) is 28.6 Å². The third kappa shape index (κ3) is 3.14. The van der Waals surface area contributed by atoms with Crippen LogP contribution in [0.3, 0.4) is 0 Å². The van der Waals surface area contributed by atoms with Crippen LogP contribution in [-0.2, 0) is 17.4 Å². The number of hydrogen-bond donors (Lipinski definition) is 1. The number of carbonyl (C=O) groups is 1. The van der Waals surface area contributed by atoms with Crippen molar-refractivity contribution in [1.82, 2.24) is 4.98 Å². The highest BCUT2D eigenvalue weighted by Gasteiger charge is 2.35. The van der Waals surface area contributed by atoms with E-state index in [1.54, 1.807) is 0 Å². The van der Waals surface area contributed by atoms with Gasteiger partial charge in [-0.1, -0.05) is 0 Å². The summed E-state index contributed by atoms with van der Waals surface area (Å²) in [5.41, 5.74) is -3.32. The van der Waals surface area contributed by atoms with E-state index in [2.05, 4.69) is 4.98 Å². The molecule has 0 bridgehead atoms. The number of aliphatic carboxylic acids is 1. The van der Waals surface area contributed by atoms with E-state index in [1.807, 2.05) is 0 Å². The van der Waals surface area contributed by atoms with Gasteiger partial charge in [0.1, 0.15) is 5.69 Å². The number of halogens is 5. The summed E-state index contributed by atoms with van der Waals surface area (Å²) in [4.78, 5) is 13.7. The van der Waals surface area contributed by atoms with Gasteiger partial charge in [0.25, 0.3) is 6.43 Å². The van der Waals surface area contributed by atoms with Crippen LogP contribution in [0.15, 0.2) is 6.07 Å². The van der Waals surface area contributed by atoms with Crippen LogP contribution in [0.1, 0.15) is 28.9 Å². The van der Waals surface area contributed by atoms with Crippen LogP contribution in [0.2, 0.25) is 0 Å². The van der Waals surface area contributed by atoms with Crippen LogP contribution in [0.4, 0.5) is 22.0 Å². The van der Waals surface area contributed by atoms with Crippen molar-refractivity contribution < 1.29 is 31.9 Å². The topological polar surface area (TPSA) is 50.2 Å². The smallest absolute Gasteiger partial charge is 0.416 e. The molecule has 0 atom stereocenters. The standard InChI is InChI=1S/C10H8F5NO2/c1-4-5(10(13,14)15)2-7(9(11)12)16-6(4)3-8(17)18/h2,9H,3H2,1H3,(H,17,18). The first-order chi connectivity index (χ1) is 8.12. The van der Waals surface area contributed by atoms with E-state index in [0.717, 1.165) is 6.92 Å². The summed E-state index contributed by atoms with van der Waals surface area (Å²) < 4.78 is 62.6. The molecule has 0 radical (unpaired) electrons. The predicted octanol–water partition coefficient (Wildman–Crippen LogP) is 2.97. The third-order valence-corrected chi connectivity index (χ3v) is 2.24. The summed E-state index contributed by atoms with van der Waals surface area (Å²) in [7, 11) is 0. The maximum atomic E-state index is 12.6. The highest BCUT2D eigenvalue weighted by atomic mass is 19.4. The number of alkyl halides is 5. The Hall–Kier alpha value is -1.73. The summed E-state index contributed by atoms with van der Waals surface area (Å²) in [5.74, 6) is -1.44. The van der Waals surface area contributed by atoms with Gasteiger partial charge in [0.2, 0.25) is 0 Å². The van der Waals surface area contributed by atoms with E-state index in [0.29, 0.717) is 0 Å². The Bertz CT molecular complexity index is 470. The first-order valence-electron chi connectivity index (χ1n) is 4.70. The number of carboxylic acid groups (broad SMARTS) is 1. The van der Waals surface area contributed by atoms with E-state index >= 15 is 0 Å². The summed E-state index contributed by atoms with van der Waals surface area (Å²) in [6.45, 7) is 1.00. The van der Waals surface area contributed by atoms with Gasteiger partial charge in [0.15, 0.2) is 0 Å². The van der Waals surface area contributed by atoms with Crippen molar-refractivity contribution in [1.29, 1.82) is 0 Å². The van der Waals surface area contributed by atoms with E-state index in [9.17, 15) is 26.7 Å². The van der Waals surface area contributed by atoms with Crippen LogP contribution < -0.4 is 0 Å². The summed E-state index contributed by atoms with van der Waals surface area (Å²) in [6, 6.07) is 0.241. The minimum Gasteiger partial charge on any atom is -0.481 e. The van der Waals surface area contributed by atoms with E-state index in [4.69, 9.17) is 5.11 Å². The molecular weight excluding hydrogens is 261 g/mol. The molecule has 1 rings (SSSR count). The molecule has 0 saturated carbocycles. The molecular formula is C10H8F5NO2. The van der Waals surface area contributed by atoms with Crippen LogP contribution >= 0.6 is 0 Å². The highest BCUT2D eigenvalue weighted by Crippen LogP contribution is 2.34. The van der Waals surface area contributed by atoms with Crippen LogP contribution in [0.25, 0.3) is 0 Å². The summed E-state index contributed by atoms with van der Waals surface area (Å²) >= 11 is 0. The average Bonchev–Trinajstić information content (AvgIpc) is 2.18. The Morgan fingerprint density at radius 1 is 1.44 bits per heavy atom. The predicted molar refractivity (Wildman–Crippen MR) is 50.3 cm³/mol. The molecule has 0 aliphatic carbocycles. The molecule has 8 heteroatoms. The van der Waals surface area contributed by atoms with Crippen LogP contribution in [0.5, 0.6) is 0 Å². The van der Waals surface area contributed by atoms with Gasteiger partial charge in [0.05, 0.1) is 17.7 Å². The van der Waals surface area contributed by atoms with Crippen molar-refractivity contribution in [2.24, 2.45) is 0 Å². The van der Waals surface area contributed by atoms with Crippen molar-refractivity contribution in [2.45, 2.75) is 25.9 Å². The van der Waals surface area contributed by atoms with Crippen molar-refractivity contribution in [3.63, 3.8) is 0 Å². The second-order valence-electron chi connectivity index (χ2n) is 3.54. The largest absolute Gasteiger partial charge is 0.481 e. The fraction of sp³-hybridized carbons (Fsp3) is 0.400. The zero-order valence-corrected chi connectivity index (χ0v) is 9.05. The van der Waals surface area contributed by atoms with Crippen molar-refractivity contribution in [2.75, 3.05) is 0 Å². The number of carboxylic acids is 1. The van der Waals surface area contributed by atoms with E-state index < -0.39 is 47.5 Å². The lowest BCUT2D eigenvalue weighted by molar-refractivity contribution is -0.139. The molecule has 0 unspecified atom stereocenters. The zero-order chi connectivity index (χ0) is 14.1. The normalized spacial score (nSPS) is 11.9. The molecule has 0 saturated heterocycles. The number of hydrogen-bond acceptors (Lipinski definition) is 2. The Morgan fingerprint density at radius 3 is 2.39 bits per heavy atom. The molecule has 1 N–H and O–H groups in total. The van der Waals surface area contributed by atoms with Crippen molar-refractivity contribution >= 4 is 5.97 Å². The van der Waals surface area contributed by atoms with Crippen molar-refractivity contribution in [3.8, 4) is 0 Å². The molecule has 100 valence electrons. The molecule has 0 aromatic carbocycles. The van der Waals surface area contributed by atoms with Gasteiger partial charge >= 0.3 is 12.1 Å². The molecule has 3 nitrogen and oxygen atoms in total. The van der Waals surface area contributed by atoms with Gasteiger partial charge in [-0.25, -0.2) is 8.78 Å². The fourth-order valence-corrected chi connectivity index (χ4v) is 1.41. The summed E-state index contributed by atoms with van der Waals surface area (Å²) in [5, 5.41) is 8.51. The molecule has 0 amide bonds. The van der Waals surface area contributed by atoms with Crippen LogP contribution in [0, 0.1) is 6.92 Å². The van der Waals surface area contributed by atoms with Gasteiger partial charge in [-0.3, -0.25) is 9.78 Å². The molecule has 0 aliphatic rings. The first-order valence-corrected chi connectivity index (χ1v) is 4.70. The lowest BCUT2D eigenvalue weighted by Gasteiger charge is -2.14. The molecule has 1 aromatic rings. The van der Waals surface area contributed by atoms with E-state index in [-0.39, 0.29) is 6.07 Å². The molecule has 0 spiro atoms. The first kappa shape index (κ1) is 14.3. The number of aromatic nitrogens is 1. The lowest BCUT2D eigenvalue weighted by atomic mass is 10.0. The Labute approximate surface area is 98.3 Å². The minimum atomic E-state index is -4.83. The second-order valence-corrected chi connectivity index (χ2v) is 3.54. The van der Waals surface area contributed by atoms with Gasteiger partial charge < -0.3 is 5.11 Å². The molecule has 1 aromatic heterocycles. The third-order valence-electron chi connectivity index (χ3n) is 2.24. The Balaban J connectivity index is 3.43. The quantitative estimate of drug-likeness (QED) is 0.858. The number of rotatable bonds is 3. The monoisotopic (exact) mass is 269 g/mol. The molecule has 1 heterocycles. The fourth-order valence-electron chi connectivity index (χ4n) is 1.41. The van der Waals surface area contributed by atoms with E-state index in [1.165, 1.54) is 0 Å². The SMILES string of the molecule is Cc1c(C(F)(F)F)cc(C(F)F)nc1CC(=O)O. The number of pyridine rings is 1. The Kier molecular flexibility index (Phi) is 3.88. The lowest BCUT2D eigenvalue weighted by Crippen LogP contribution is -2.14. The molecule has 0 fully saturated rings. The van der Waals surface area contributed by atoms with Gasteiger partial charge in [0, 0.05) is 0 Å². The minimum absolute atomic E-state index is 0.241.